The van der Waals surface area contributed by atoms with E-state index in [2.05, 4.69) is 9.88 Å². The fraction of sp³-hybridized carbons (Fsp3) is 0.615. The van der Waals surface area contributed by atoms with E-state index in [0.717, 1.165) is 11.4 Å². The lowest BCUT2D eigenvalue weighted by Crippen LogP contribution is -2.28. The molecular weight excluding hydrogens is 216 g/mol. The van der Waals surface area contributed by atoms with E-state index in [1.54, 1.807) is 6.20 Å². The molecule has 1 aromatic rings. The summed E-state index contributed by atoms with van der Waals surface area (Å²) in [6, 6.07) is 4.41. The van der Waals surface area contributed by atoms with Gasteiger partial charge in [0.05, 0.1) is 30.3 Å². The van der Waals surface area contributed by atoms with Crippen LogP contribution in [0.5, 0.6) is 0 Å². The van der Waals surface area contributed by atoms with E-state index >= 15 is 0 Å². The van der Waals surface area contributed by atoms with Crippen LogP contribution in [0.25, 0.3) is 0 Å². The maximum Gasteiger partial charge on any atom is 0.0957 e. The maximum atomic E-state index is 9.67. The first-order valence-corrected chi connectivity index (χ1v) is 6.27. The van der Waals surface area contributed by atoms with Crippen LogP contribution in [0.3, 0.4) is 0 Å². The quantitative estimate of drug-likeness (QED) is 0.785. The summed E-state index contributed by atoms with van der Waals surface area (Å²) < 4.78 is 0. The van der Waals surface area contributed by atoms with Gasteiger partial charge in [0.1, 0.15) is 0 Å². The Kier molecular flexibility index (Phi) is 3.97. The monoisotopic (exact) mass is 236 g/mol. The molecule has 2 N–H and O–H groups in total. The summed E-state index contributed by atoms with van der Waals surface area (Å²) in [7, 11) is 0. The van der Waals surface area contributed by atoms with Crippen LogP contribution in [0, 0.1) is 0 Å². The first-order valence-electron chi connectivity index (χ1n) is 6.27. The molecule has 0 bridgehead atoms. The molecule has 4 nitrogen and oxygen atoms in total. The number of nitrogens with zero attached hydrogens (tertiary/aromatic N) is 2. The summed E-state index contributed by atoms with van der Waals surface area (Å²) in [6.45, 7) is 2.75. The molecule has 1 saturated carbocycles. The van der Waals surface area contributed by atoms with Crippen LogP contribution in [0.4, 0.5) is 5.69 Å². The van der Waals surface area contributed by atoms with Crippen LogP contribution < -0.4 is 4.90 Å². The maximum absolute atomic E-state index is 9.67. The highest BCUT2D eigenvalue weighted by Crippen LogP contribution is 2.31. The molecule has 0 aromatic carbocycles. The highest BCUT2D eigenvalue weighted by Gasteiger charge is 2.28. The zero-order valence-electron chi connectivity index (χ0n) is 10.2. The van der Waals surface area contributed by atoms with Crippen LogP contribution in [0.2, 0.25) is 0 Å². The number of hydrogen-bond donors (Lipinski definition) is 2. The molecule has 0 radical (unpaired) electrons. The lowest BCUT2D eigenvalue weighted by Gasteiger charge is -2.23. The van der Waals surface area contributed by atoms with Crippen LogP contribution >= 0.6 is 0 Å². The fourth-order valence-corrected chi connectivity index (χ4v) is 1.99. The average molecular weight is 236 g/mol. The molecular formula is C13H20N2O2. The standard InChI is InChI=1S/C13H20N2O2/c1-2-13(17)12-6-5-11(9-14-12)15(7-8-16)10-3-4-10/h5-6,9-10,13,16-17H,2-4,7-8H2,1H3/t13-/m1/s1. The van der Waals surface area contributed by atoms with Crippen molar-refractivity contribution >= 4 is 5.69 Å². The molecule has 0 spiro atoms. The van der Waals surface area contributed by atoms with Gasteiger partial charge in [-0.3, -0.25) is 4.98 Å². The van der Waals surface area contributed by atoms with E-state index in [1.165, 1.54) is 12.8 Å². The number of aliphatic hydroxyl groups is 2. The van der Waals surface area contributed by atoms with Gasteiger partial charge in [-0.25, -0.2) is 0 Å². The summed E-state index contributed by atoms with van der Waals surface area (Å²) in [6.07, 6.45) is 4.38. The van der Waals surface area contributed by atoms with E-state index in [-0.39, 0.29) is 6.61 Å². The van der Waals surface area contributed by atoms with Crippen molar-refractivity contribution in [3.8, 4) is 0 Å². The second-order valence-electron chi connectivity index (χ2n) is 4.51. The molecule has 1 aliphatic rings. The van der Waals surface area contributed by atoms with Crippen molar-refractivity contribution in [3.63, 3.8) is 0 Å². The first-order chi connectivity index (χ1) is 8.26. The van der Waals surface area contributed by atoms with Crippen molar-refractivity contribution in [1.82, 2.24) is 4.98 Å². The molecule has 0 amide bonds. The Bertz CT molecular complexity index is 349. The third-order valence-corrected chi connectivity index (χ3v) is 3.16. The fourth-order valence-electron chi connectivity index (χ4n) is 1.99. The van der Waals surface area contributed by atoms with Crippen molar-refractivity contribution in [2.75, 3.05) is 18.1 Å². The Labute approximate surface area is 102 Å². The summed E-state index contributed by atoms with van der Waals surface area (Å²) in [5.41, 5.74) is 1.75. The van der Waals surface area contributed by atoms with Gasteiger partial charge in [0, 0.05) is 12.6 Å². The molecule has 1 atom stereocenters. The van der Waals surface area contributed by atoms with Gasteiger partial charge in [-0.1, -0.05) is 6.92 Å². The molecule has 1 heterocycles. The van der Waals surface area contributed by atoms with Gasteiger partial charge < -0.3 is 15.1 Å². The van der Waals surface area contributed by atoms with Crippen molar-refractivity contribution in [2.45, 2.75) is 38.3 Å². The highest BCUT2D eigenvalue weighted by atomic mass is 16.3. The van der Waals surface area contributed by atoms with Crippen molar-refractivity contribution < 1.29 is 10.2 Å². The second kappa shape index (κ2) is 5.47. The number of hydrogen-bond acceptors (Lipinski definition) is 4. The summed E-state index contributed by atoms with van der Waals surface area (Å²) >= 11 is 0. The normalized spacial score (nSPS) is 16.9. The minimum atomic E-state index is -0.476. The van der Waals surface area contributed by atoms with Gasteiger partial charge >= 0.3 is 0 Å². The third kappa shape index (κ3) is 2.96. The van der Waals surface area contributed by atoms with Crippen LogP contribution in [0.1, 0.15) is 38.0 Å². The van der Waals surface area contributed by atoms with E-state index in [4.69, 9.17) is 5.11 Å². The Morgan fingerprint density at radius 1 is 1.47 bits per heavy atom. The number of pyridine rings is 1. The van der Waals surface area contributed by atoms with Gasteiger partial charge in [-0.05, 0) is 31.4 Å². The topological polar surface area (TPSA) is 56.6 Å². The Morgan fingerprint density at radius 2 is 2.24 bits per heavy atom. The van der Waals surface area contributed by atoms with Gasteiger partial charge in [0.2, 0.25) is 0 Å². The van der Waals surface area contributed by atoms with Crippen LogP contribution in [-0.2, 0) is 0 Å². The lowest BCUT2D eigenvalue weighted by atomic mass is 10.2. The zero-order chi connectivity index (χ0) is 12.3. The SMILES string of the molecule is CC[C@@H](O)c1ccc(N(CCO)C2CC2)cn1. The molecule has 1 aliphatic carbocycles. The molecule has 4 heteroatoms. The molecule has 94 valence electrons. The van der Waals surface area contributed by atoms with Gasteiger partial charge in [0.15, 0.2) is 0 Å². The van der Waals surface area contributed by atoms with Crippen LogP contribution in [-0.4, -0.2) is 34.4 Å². The summed E-state index contributed by atoms with van der Waals surface area (Å²) in [4.78, 5) is 6.48. The minimum absolute atomic E-state index is 0.163. The number of anilines is 1. The van der Waals surface area contributed by atoms with Crippen molar-refractivity contribution in [1.29, 1.82) is 0 Å². The largest absolute Gasteiger partial charge is 0.395 e. The van der Waals surface area contributed by atoms with Gasteiger partial charge in [0.25, 0.3) is 0 Å². The van der Waals surface area contributed by atoms with Crippen molar-refractivity contribution in [3.05, 3.63) is 24.0 Å². The Hall–Kier alpha value is -1.13. The summed E-state index contributed by atoms with van der Waals surface area (Å²) in [5.74, 6) is 0. The molecule has 0 aliphatic heterocycles. The highest BCUT2D eigenvalue weighted by molar-refractivity contribution is 5.47. The number of rotatable bonds is 6. The third-order valence-electron chi connectivity index (χ3n) is 3.16. The van der Waals surface area contributed by atoms with E-state index < -0.39 is 6.10 Å². The average Bonchev–Trinajstić information content (AvgIpc) is 3.19. The molecule has 17 heavy (non-hydrogen) atoms. The minimum Gasteiger partial charge on any atom is -0.395 e. The van der Waals surface area contributed by atoms with Crippen LogP contribution in [0.15, 0.2) is 18.3 Å². The lowest BCUT2D eigenvalue weighted by molar-refractivity contribution is 0.169. The first kappa shape index (κ1) is 12.3. The zero-order valence-corrected chi connectivity index (χ0v) is 10.2. The van der Waals surface area contributed by atoms with E-state index in [9.17, 15) is 5.11 Å². The Balaban J connectivity index is 2.09. The van der Waals surface area contributed by atoms with E-state index in [1.807, 2.05) is 19.1 Å². The summed E-state index contributed by atoms with van der Waals surface area (Å²) in [5, 5.41) is 18.7. The predicted octanol–water partition coefficient (Wildman–Crippen LogP) is 1.49. The predicted molar refractivity (Wildman–Crippen MR) is 66.9 cm³/mol. The van der Waals surface area contributed by atoms with Gasteiger partial charge in [-0.15, -0.1) is 0 Å². The molecule has 0 saturated heterocycles. The number of aliphatic hydroxyl groups excluding tert-OH is 2. The van der Waals surface area contributed by atoms with Crippen molar-refractivity contribution in [2.24, 2.45) is 0 Å². The van der Waals surface area contributed by atoms with E-state index in [0.29, 0.717) is 19.0 Å². The Morgan fingerprint density at radius 3 is 2.71 bits per heavy atom. The molecule has 1 aromatic heterocycles. The molecule has 2 rings (SSSR count). The second-order valence-corrected chi connectivity index (χ2v) is 4.51. The smallest absolute Gasteiger partial charge is 0.0957 e. The number of aromatic nitrogens is 1. The van der Waals surface area contributed by atoms with Gasteiger partial charge in [-0.2, -0.15) is 0 Å². The molecule has 1 fully saturated rings. The molecule has 0 unspecified atom stereocenters.